The monoisotopic (exact) mass is 394 g/mol. The van der Waals surface area contributed by atoms with Crippen molar-refractivity contribution in [3.05, 3.63) is 53.7 Å². The fourth-order valence-corrected chi connectivity index (χ4v) is 3.25. The predicted octanol–water partition coefficient (Wildman–Crippen LogP) is 2.43. The molecule has 1 aromatic heterocycles. The lowest BCUT2D eigenvalue weighted by molar-refractivity contribution is 0.0339. The van der Waals surface area contributed by atoms with E-state index in [1.807, 2.05) is 18.2 Å². The van der Waals surface area contributed by atoms with Crippen molar-refractivity contribution in [2.75, 3.05) is 38.7 Å². The molecule has 8 heteroatoms. The van der Waals surface area contributed by atoms with Crippen molar-refractivity contribution in [1.29, 1.82) is 0 Å². The molecule has 2 aromatic carbocycles. The Morgan fingerprint density at radius 3 is 2.62 bits per heavy atom. The van der Waals surface area contributed by atoms with Crippen LogP contribution >= 0.6 is 0 Å². The number of aromatic hydroxyl groups is 1. The van der Waals surface area contributed by atoms with Gasteiger partial charge < -0.3 is 19.9 Å². The molecule has 1 fully saturated rings. The van der Waals surface area contributed by atoms with Crippen LogP contribution in [0.3, 0.4) is 0 Å². The number of hydrogen-bond donors (Lipinski definition) is 2. The topological polar surface area (TPSA) is 96.8 Å². The fourth-order valence-electron chi connectivity index (χ4n) is 3.25. The maximum atomic E-state index is 12.8. The van der Waals surface area contributed by atoms with Crippen molar-refractivity contribution < 1.29 is 19.4 Å². The predicted molar refractivity (Wildman–Crippen MR) is 108 cm³/mol. The summed E-state index contributed by atoms with van der Waals surface area (Å²) in [6.45, 7) is 3.55. The molecule has 0 bridgehead atoms. The van der Waals surface area contributed by atoms with Gasteiger partial charge in [0.05, 0.1) is 31.4 Å². The highest BCUT2D eigenvalue weighted by Crippen LogP contribution is 2.25. The normalized spacial score (nSPS) is 14.7. The van der Waals surface area contributed by atoms with Crippen molar-refractivity contribution in [3.63, 3.8) is 0 Å². The first-order valence-electron chi connectivity index (χ1n) is 9.38. The molecular formula is C21H22N4O4. The van der Waals surface area contributed by atoms with Crippen molar-refractivity contribution >= 4 is 22.6 Å². The van der Waals surface area contributed by atoms with Gasteiger partial charge >= 0.3 is 0 Å². The van der Waals surface area contributed by atoms with Gasteiger partial charge in [-0.2, -0.15) is 0 Å². The molecule has 8 nitrogen and oxygen atoms in total. The molecule has 0 atom stereocenters. The Kier molecular flexibility index (Phi) is 5.55. The van der Waals surface area contributed by atoms with E-state index in [4.69, 9.17) is 9.47 Å². The number of amides is 1. The second-order valence-electron chi connectivity index (χ2n) is 6.76. The number of nitrogens with one attached hydrogen (secondary N) is 1. The van der Waals surface area contributed by atoms with Crippen LogP contribution < -0.4 is 10.1 Å². The number of fused-ring (bicyclic) bond motifs is 1. The summed E-state index contributed by atoms with van der Waals surface area (Å²) in [6.07, 6.45) is 0. The van der Waals surface area contributed by atoms with E-state index in [0.29, 0.717) is 36.5 Å². The minimum atomic E-state index is -0.428. The van der Waals surface area contributed by atoms with Crippen molar-refractivity contribution in [1.82, 2.24) is 14.9 Å². The quantitative estimate of drug-likeness (QED) is 0.642. The first-order valence-corrected chi connectivity index (χ1v) is 9.38. The van der Waals surface area contributed by atoms with E-state index in [-0.39, 0.29) is 17.3 Å². The van der Waals surface area contributed by atoms with Crippen LogP contribution in [0.4, 0.5) is 5.69 Å². The number of nitrogens with zero attached hydrogens (tertiary/aromatic N) is 3. The largest absolute Gasteiger partial charge is 0.508 e. The summed E-state index contributed by atoms with van der Waals surface area (Å²) in [5, 5.41) is 13.0. The Labute approximate surface area is 168 Å². The van der Waals surface area contributed by atoms with Gasteiger partial charge in [-0.25, -0.2) is 9.97 Å². The molecule has 0 spiro atoms. The van der Waals surface area contributed by atoms with Crippen molar-refractivity contribution in [2.45, 2.75) is 6.54 Å². The average molecular weight is 394 g/mol. The number of phenols is 1. The smallest absolute Gasteiger partial charge is 0.279 e. The van der Waals surface area contributed by atoms with Gasteiger partial charge in [0.15, 0.2) is 5.69 Å². The minimum absolute atomic E-state index is 0.106. The van der Waals surface area contributed by atoms with Gasteiger partial charge in [-0.1, -0.05) is 12.1 Å². The molecule has 0 radical (unpaired) electrons. The van der Waals surface area contributed by atoms with Crippen LogP contribution in [0.15, 0.2) is 42.5 Å². The maximum absolute atomic E-state index is 12.8. The number of morpholine rings is 1. The number of carbonyl (C=O) groups is 1. The molecule has 1 amide bonds. The lowest BCUT2D eigenvalue weighted by atomic mass is 10.1. The number of para-hydroxylation sites is 2. The first-order chi connectivity index (χ1) is 14.1. The number of carbonyl (C=O) groups excluding carboxylic acids is 1. The third-order valence-corrected chi connectivity index (χ3v) is 4.78. The average Bonchev–Trinajstić information content (AvgIpc) is 2.75. The van der Waals surface area contributed by atoms with Gasteiger partial charge in [0.25, 0.3) is 5.91 Å². The summed E-state index contributed by atoms with van der Waals surface area (Å²) in [6, 6.07) is 12.3. The Hall–Kier alpha value is -3.23. The van der Waals surface area contributed by atoms with Crippen LogP contribution in [0.5, 0.6) is 11.6 Å². The van der Waals surface area contributed by atoms with Gasteiger partial charge in [0.1, 0.15) is 5.75 Å². The summed E-state index contributed by atoms with van der Waals surface area (Å²) in [7, 11) is 1.45. The lowest BCUT2D eigenvalue weighted by Crippen LogP contribution is -2.35. The number of hydrogen-bond acceptors (Lipinski definition) is 7. The number of phenolic OH excluding ortho intramolecular Hbond substituents is 1. The highest BCUT2D eigenvalue weighted by Gasteiger charge is 2.19. The van der Waals surface area contributed by atoms with E-state index in [0.717, 1.165) is 18.7 Å². The molecule has 1 aliphatic rings. The van der Waals surface area contributed by atoms with E-state index >= 15 is 0 Å². The van der Waals surface area contributed by atoms with Gasteiger partial charge in [-0.3, -0.25) is 9.69 Å². The van der Waals surface area contributed by atoms with Crippen LogP contribution in [0.25, 0.3) is 11.0 Å². The highest BCUT2D eigenvalue weighted by atomic mass is 16.5. The van der Waals surface area contributed by atoms with E-state index < -0.39 is 5.91 Å². The minimum Gasteiger partial charge on any atom is -0.508 e. The molecule has 2 heterocycles. The first kappa shape index (κ1) is 19.1. The molecular weight excluding hydrogens is 372 g/mol. The third-order valence-electron chi connectivity index (χ3n) is 4.78. The van der Waals surface area contributed by atoms with Crippen LogP contribution in [0.2, 0.25) is 0 Å². The van der Waals surface area contributed by atoms with E-state index in [1.165, 1.54) is 7.11 Å². The van der Waals surface area contributed by atoms with Gasteiger partial charge in [0.2, 0.25) is 5.88 Å². The number of benzene rings is 2. The fraction of sp³-hybridized carbons (Fsp3) is 0.286. The van der Waals surface area contributed by atoms with Gasteiger partial charge in [-0.05, 0) is 30.3 Å². The Bertz CT molecular complexity index is 1030. The number of ether oxygens (including phenoxy) is 2. The zero-order valence-electron chi connectivity index (χ0n) is 16.1. The molecule has 150 valence electrons. The SMILES string of the molecule is COc1nc2ccccc2nc1C(=O)Nc1ccc(O)c(CN2CCOCC2)c1. The number of anilines is 1. The molecule has 0 aliphatic carbocycles. The van der Waals surface area contributed by atoms with E-state index in [9.17, 15) is 9.90 Å². The Morgan fingerprint density at radius 2 is 1.90 bits per heavy atom. The van der Waals surface area contributed by atoms with Gasteiger partial charge in [-0.15, -0.1) is 0 Å². The van der Waals surface area contributed by atoms with E-state index in [2.05, 4.69) is 20.2 Å². The zero-order chi connectivity index (χ0) is 20.2. The van der Waals surface area contributed by atoms with Crippen molar-refractivity contribution in [2.24, 2.45) is 0 Å². The van der Waals surface area contributed by atoms with Crippen LogP contribution in [-0.4, -0.2) is 59.3 Å². The molecule has 29 heavy (non-hydrogen) atoms. The molecule has 0 unspecified atom stereocenters. The van der Waals surface area contributed by atoms with E-state index in [1.54, 1.807) is 24.3 Å². The molecule has 3 aromatic rings. The summed E-state index contributed by atoms with van der Waals surface area (Å²) in [5.41, 5.74) is 2.67. The summed E-state index contributed by atoms with van der Waals surface area (Å²) < 4.78 is 10.6. The molecule has 1 saturated heterocycles. The van der Waals surface area contributed by atoms with Crippen LogP contribution in [-0.2, 0) is 11.3 Å². The zero-order valence-corrected chi connectivity index (χ0v) is 16.1. The van der Waals surface area contributed by atoms with Crippen LogP contribution in [0, 0.1) is 0 Å². The molecule has 1 aliphatic heterocycles. The molecule has 4 rings (SSSR count). The molecule has 0 saturated carbocycles. The van der Waals surface area contributed by atoms with Crippen LogP contribution in [0.1, 0.15) is 16.1 Å². The number of aromatic nitrogens is 2. The second kappa shape index (κ2) is 8.42. The van der Waals surface area contributed by atoms with Gasteiger partial charge in [0, 0.05) is 30.9 Å². The highest BCUT2D eigenvalue weighted by molar-refractivity contribution is 6.05. The van der Waals surface area contributed by atoms with Crippen molar-refractivity contribution in [3.8, 4) is 11.6 Å². The summed E-state index contributed by atoms with van der Waals surface area (Å²) in [5.74, 6) is -0.0748. The lowest BCUT2D eigenvalue weighted by Gasteiger charge is -2.27. The second-order valence-corrected chi connectivity index (χ2v) is 6.76. The summed E-state index contributed by atoms with van der Waals surface area (Å²) >= 11 is 0. The third kappa shape index (κ3) is 4.28. The molecule has 2 N–H and O–H groups in total. The Balaban J connectivity index is 1.56. The summed E-state index contributed by atoms with van der Waals surface area (Å²) in [4.78, 5) is 23.8. The number of rotatable bonds is 5. The standard InChI is InChI=1S/C21H22N4O4/c1-28-21-19(23-16-4-2-3-5-17(16)24-21)20(27)22-15-6-7-18(26)14(12-15)13-25-8-10-29-11-9-25/h2-7,12,26H,8-11,13H2,1H3,(H,22,27). The number of methoxy groups -OCH3 is 1. The maximum Gasteiger partial charge on any atom is 0.279 e. The Morgan fingerprint density at radius 1 is 1.17 bits per heavy atom.